The highest BCUT2D eigenvalue weighted by atomic mass is 16.5. The van der Waals surface area contributed by atoms with Crippen LogP contribution in [0.25, 0.3) is 0 Å². The third-order valence-electron chi connectivity index (χ3n) is 5.12. The van der Waals surface area contributed by atoms with Gasteiger partial charge in [0, 0.05) is 19.2 Å². The molecule has 1 aliphatic carbocycles. The van der Waals surface area contributed by atoms with Crippen LogP contribution in [-0.4, -0.2) is 41.0 Å². The van der Waals surface area contributed by atoms with Gasteiger partial charge >= 0.3 is 0 Å². The molecule has 0 spiro atoms. The van der Waals surface area contributed by atoms with E-state index in [1.807, 2.05) is 0 Å². The first-order valence-electron chi connectivity index (χ1n) is 7.54. The maximum atomic E-state index is 9.50. The van der Waals surface area contributed by atoms with Crippen molar-refractivity contribution in [3.8, 4) is 0 Å². The summed E-state index contributed by atoms with van der Waals surface area (Å²) in [5.41, 5.74) is 5.50. The van der Waals surface area contributed by atoms with Crippen molar-refractivity contribution < 1.29 is 9.84 Å². The van der Waals surface area contributed by atoms with E-state index in [0.717, 1.165) is 19.3 Å². The maximum Gasteiger partial charge on any atom is 0.0828 e. The average Bonchev–Trinajstić information content (AvgIpc) is 2.79. The van der Waals surface area contributed by atoms with Crippen molar-refractivity contribution >= 4 is 0 Å². The molecule has 0 amide bonds. The Morgan fingerprint density at radius 3 is 2.42 bits per heavy atom. The van der Waals surface area contributed by atoms with E-state index in [4.69, 9.17) is 10.5 Å². The van der Waals surface area contributed by atoms with Crippen molar-refractivity contribution in [1.29, 1.82) is 0 Å². The molecule has 0 aromatic heterocycles. The standard InChI is InChI=1S/C15H30N2O2/c1-13(2)9-15(10-16,14(3,4)19-13)17-12-7-5-6-11(12)8-18/h11-12,17-18H,5-10,16H2,1-4H3. The van der Waals surface area contributed by atoms with Gasteiger partial charge in [0.15, 0.2) is 0 Å². The highest BCUT2D eigenvalue weighted by molar-refractivity contribution is 5.13. The first kappa shape index (κ1) is 15.2. The molecule has 1 aliphatic heterocycles. The number of nitrogens with two attached hydrogens (primary N) is 1. The van der Waals surface area contributed by atoms with Gasteiger partial charge in [0.2, 0.25) is 0 Å². The molecule has 0 aromatic rings. The second kappa shape index (κ2) is 4.99. The van der Waals surface area contributed by atoms with Crippen molar-refractivity contribution in [3.05, 3.63) is 0 Å². The zero-order chi connectivity index (χ0) is 14.3. The van der Waals surface area contributed by atoms with Crippen LogP contribution in [0.15, 0.2) is 0 Å². The first-order chi connectivity index (χ1) is 8.75. The lowest BCUT2D eigenvalue weighted by atomic mass is 9.78. The topological polar surface area (TPSA) is 67.5 Å². The number of hydrogen-bond acceptors (Lipinski definition) is 4. The predicted octanol–water partition coefficient (Wildman–Crippen LogP) is 1.41. The Morgan fingerprint density at radius 1 is 1.26 bits per heavy atom. The van der Waals surface area contributed by atoms with Gasteiger partial charge in [0.25, 0.3) is 0 Å². The summed E-state index contributed by atoms with van der Waals surface area (Å²) >= 11 is 0. The Bertz CT molecular complexity index is 330. The minimum absolute atomic E-state index is 0.150. The molecule has 0 bridgehead atoms. The van der Waals surface area contributed by atoms with Crippen LogP contribution in [0.3, 0.4) is 0 Å². The van der Waals surface area contributed by atoms with Gasteiger partial charge in [-0.25, -0.2) is 0 Å². The number of aliphatic hydroxyl groups is 1. The zero-order valence-corrected chi connectivity index (χ0v) is 12.8. The monoisotopic (exact) mass is 270 g/mol. The van der Waals surface area contributed by atoms with Crippen molar-refractivity contribution in [2.75, 3.05) is 13.2 Å². The van der Waals surface area contributed by atoms with E-state index in [0.29, 0.717) is 18.5 Å². The summed E-state index contributed by atoms with van der Waals surface area (Å²) < 4.78 is 6.22. The molecule has 112 valence electrons. The largest absolute Gasteiger partial charge is 0.396 e. The quantitative estimate of drug-likeness (QED) is 0.722. The van der Waals surface area contributed by atoms with Gasteiger partial charge in [-0.1, -0.05) is 6.42 Å². The van der Waals surface area contributed by atoms with Gasteiger partial charge in [-0.2, -0.15) is 0 Å². The molecule has 1 saturated heterocycles. The van der Waals surface area contributed by atoms with E-state index < -0.39 is 0 Å². The Balaban J connectivity index is 2.19. The fourth-order valence-electron chi connectivity index (χ4n) is 4.17. The lowest BCUT2D eigenvalue weighted by molar-refractivity contribution is -0.0839. The molecule has 19 heavy (non-hydrogen) atoms. The Morgan fingerprint density at radius 2 is 1.95 bits per heavy atom. The summed E-state index contributed by atoms with van der Waals surface area (Å²) in [5.74, 6) is 0.364. The molecular formula is C15H30N2O2. The molecule has 2 rings (SSSR count). The second-order valence-corrected chi connectivity index (χ2v) is 7.46. The normalized spacial score (nSPS) is 40.7. The SMILES string of the molecule is CC1(C)CC(CN)(NC2CCCC2CO)C(C)(C)O1. The summed E-state index contributed by atoms with van der Waals surface area (Å²) in [6.45, 7) is 9.36. The molecule has 2 aliphatic rings. The molecule has 0 aromatic carbocycles. The van der Waals surface area contributed by atoms with Crippen LogP contribution in [0.2, 0.25) is 0 Å². The molecule has 3 atom stereocenters. The van der Waals surface area contributed by atoms with Gasteiger partial charge in [0.1, 0.15) is 0 Å². The van der Waals surface area contributed by atoms with Gasteiger partial charge in [-0.05, 0) is 52.9 Å². The van der Waals surface area contributed by atoms with Crippen LogP contribution in [0.1, 0.15) is 53.4 Å². The lowest BCUT2D eigenvalue weighted by Gasteiger charge is -2.43. The first-order valence-corrected chi connectivity index (χ1v) is 7.54. The van der Waals surface area contributed by atoms with Crippen LogP contribution in [0.5, 0.6) is 0 Å². The number of aliphatic hydroxyl groups excluding tert-OH is 1. The molecule has 4 nitrogen and oxygen atoms in total. The summed E-state index contributed by atoms with van der Waals surface area (Å²) in [6, 6.07) is 0.366. The zero-order valence-electron chi connectivity index (χ0n) is 12.8. The van der Waals surface area contributed by atoms with Crippen molar-refractivity contribution in [3.63, 3.8) is 0 Å². The van der Waals surface area contributed by atoms with E-state index in [2.05, 4.69) is 33.0 Å². The summed E-state index contributed by atoms with van der Waals surface area (Å²) in [4.78, 5) is 0. The molecular weight excluding hydrogens is 240 g/mol. The third kappa shape index (κ3) is 2.68. The molecule has 3 unspecified atom stereocenters. The van der Waals surface area contributed by atoms with Crippen molar-refractivity contribution in [2.24, 2.45) is 11.7 Å². The Labute approximate surface area is 117 Å². The van der Waals surface area contributed by atoms with Crippen LogP contribution < -0.4 is 11.1 Å². The van der Waals surface area contributed by atoms with E-state index in [9.17, 15) is 5.11 Å². The fourth-order valence-corrected chi connectivity index (χ4v) is 4.17. The molecule has 2 fully saturated rings. The molecule has 0 radical (unpaired) electrons. The van der Waals surface area contributed by atoms with Crippen LogP contribution in [-0.2, 0) is 4.74 Å². The van der Waals surface area contributed by atoms with Gasteiger partial charge in [-0.3, -0.25) is 0 Å². The van der Waals surface area contributed by atoms with E-state index in [-0.39, 0.29) is 23.3 Å². The smallest absolute Gasteiger partial charge is 0.0828 e. The molecule has 1 heterocycles. The van der Waals surface area contributed by atoms with Crippen molar-refractivity contribution in [2.45, 2.75) is 76.2 Å². The highest BCUT2D eigenvalue weighted by Gasteiger charge is 2.57. The lowest BCUT2D eigenvalue weighted by Crippen LogP contribution is -2.65. The average molecular weight is 270 g/mol. The minimum Gasteiger partial charge on any atom is -0.396 e. The van der Waals surface area contributed by atoms with E-state index >= 15 is 0 Å². The summed E-state index contributed by atoms with van der Waals surface area (Å²) in [6.07, 6.45) is 4.34. The number of rotatable bonds is 4. The van der Waals surface area contributed by atoms with Gasteiger partial charge in [-0.15, -0.1) is 0 Å². The minimum atomic E-state index is -0.284. The van der Waals surface area contributed by atoms with E-state index in [1.54, 1.807) is 0 Å². The summed E-state index contributed by atoms with van der Waals surface area (Å²) in [5, 5.41) is 13.3. The number of ether oxygens (including phenoxy) is 1. The van der Waals surface area contributed by atoms with Crippen LogP contribution in [0, 0.1) is 5.92 Å². The number of nitrogens with one attached hydrogen (secondary N) is 1. The Kier molecular flexibility index (Phi) is 4.00. The van der Waals surface area contributed by atoms with E-state index in [1.165, 1.54) is 6.42 Å². The van der Waals surface area contributed by atoms with Crippen LogP contribution in [0.4, 0.5) is 0 Å². The van der Waals surface area contributed by atoms with Gasteiger partial charge in [0.05, 0.1) is 16.7 Å². The third-order valence-corrected chi connectivity index (χ3v) is 5.12. The molecule has 4 heteroatoms. The maximum absolute atomic E-state index is 9.50. The highest BCUT2D eigenvalue weighted by Crippen LogP contribution is 2.45. The van der Waals surface area contributed by atoms with Gasteiger partial charge < -0.3 is 20.9 Å². The fraction of sp³-hybridized carbons (Fsp3) is 1.00. The van der Waals surface area contributed by atoms with Crippen LogP contribution >= 0.6 is 0 Å². The van der Waals surface area contributed by atoms with Crippen molar-refractivity contribution in [1.82, 2.24) is 5.32 Å². The Hall–Kier alpha value is -0.160. The summed E-state index contributed by atoms with van der Waals surface area (Å²) in [7, 11) is 0. The second-order valence-electron chi connectivity index (χ2n) is 7.46. The number of hydrogen-bond donors (Lipinski definition) is 3. The molecule has 1 saturated carbocycles. The molecule has 4 N–H and O–H groups in total. The predicted molar refractivity (Wildman–Crippen MR) is 77.0 cm³/mol.